The molecule has 0 aliphatic heterocycles. The maximum Gasteiger partial charge on any atom is 0.416 e. The van der Waals surface area contributed by atoms with E-state index in [-0.39, 0.29) is 18.2 Å². The average Bonchev–Trinajstić information content (AvgIpc) is 2.74. The molecular formula is C23H21F3N2O2. The van der Waals surface area contributed by atoms with Gasteiger partial charge in [0.2, 0.25) is 5.91 Å². The number of alkyl halides is 3. The zero-order valence-corrected chi connectivity index (χ0v) is 16.0. The first-order valence-electron chi connectivity index (χ1n) is 9.33. The van der Waals surface area contributed by atoms with Crippen LogP contribution in [0.5, 0.6) is 5.75 Å². The summed E-state index contributed by atoms with van der Waals surface area (Å²) in [5, 5.41) is 9.54. The molecule has 4 nitrogen and oxygen atoms in total. The number of amides is 1. The van der Waals surface area contributed by atoms with E-state index in [1.54, 1.807) is 36.4 Å². The SMILES string of the molecule is NC(C(=O)N(CCc1ccc(C(F)(F)F)cc1)c1ccc(O)cc1)c1ccccc1. The summed E-state index contributed by atoms with van der Waals surface area (Å²) < 4.78 is 38.3. The maximum absolute atomic E-state index is 13.1. The van der Waals surface area contributed by atoms with E-state index in [1.165, 1.54) is 29.2 Å². The molecule has 0 aliphatic rings. The van der Waals surface area contributed by atoms with Crippen molar-refractivity contribution in [1.29, 1.82) is 0 Å². The number of hydrogen-bond donors (Lipinski definition) is 2. The number of phenols is 1. The van der Waals surface area contributed by atoms with Crippen LogP contribution in [0.25, 0.3) is 0 Å². The third kappa shape index (κ3) is 5.18. The zero-order valence-electron chi connectivity index (χ0n) is 16.0. The molecule has 0 bridgehead atoms. The summed E-state index contributed by atoms with van der Waals surface area (Å²) in [6, 6.07) is 19.0. The first kappa shape index (κ1) is 21.4. The normalized spacial score (nSPS) is 12.4. The number of carbonyl (C=O) groups is 1. The summed E-state index contributed by atoms with van der Waals surface area (Å²) in [5.41, 5.74) is 7.31. The smallest absolute Gasteiger partial charge is 0.416 e. The van der Waals surface area contributed by atoms with E-state index in [4.69, 9.17) is 5.73 Å². The van der Waals surface area contributed by atoms with Gasteiger partial charge in [-0.15, -0.1) is 0 Å². The molecule has 0 saturated carbocycles. The molecule has 0 spiro atoms. The second kappa shape index (κ2) is 9.00. The number of halogens is 3. The van der Waals surface area contributed by atoms with Crippen molar-refractivity contribution in [3.8, 4) is 5.75 Å². The van der Waals surface area contributed by atoms with Gasteiger partial charge >= 0.3 is 6.18 Å². The monoisotopic (exact) mass is 414 g/mol. The van der Waals surface area contributed by atoms with Crippen LogP contribution in [-0.4, -0.2) is 17.6 Å². The summed E-state index contributed by atoms with van der Waals surface area (Å²) >= 11 is 0. The molecule has 7 heteroatoms. The number of benzene rings is 3. The van der Waals surface area contributed by atoms with Crippen LogP contribution in [0, 0.1) is 0 Å². The van der Waals surface area contributed by atoms with Crippen LogP contribution in [-0.2, 0) is 17.4 Å². The van der Waals surface area contributed by atoms with Crippen molar-refractivity contribution in [3.63, 3.8) is 0 Å². The van der Waals surface area contributed by atoms with Gasteiger partial charge in [-0.25, -0.2) is 0 Å². The van der Waals surface area contributed by atoms with Crippen LogP contribution >= 0.6 is 0 Å². The minimum Gasteiger partial charge on any atom is -0.508 e. The van der Waals surface area contributed by atoms with Crippen LogP contribution in [0.15, 0.2) is 78.9 Å². The number of carbonyl (C=O) groups excluding carboxylic acids is 1. The van der Waals surface area contributed by atoms with Gasteiger partial charge in [-0.1, -0.05) is 42.5 Å². The standard InChI is InChI=1S/C23H21F3N2O2/c24-23(25,26)18-8-6-16(7-9-18)14-15-28(19-10-12-20(29)13-11-19)22(30)21(27)17-4-2-1-3-5-17/h1-13,21,29H,14-15,27H2. The number of nitrogens with zero attached hydrogens (tertiary/aromatic N) is 1. The van der Waals surface area contributed by atoms with E-state index in [0.29, 0.717) is 23.2 Å². The molecule has 3 rings (SSSR count). The summed E-state index contributed by atoms with van der Waals surface area (Å²) in [7, 11) is 0. The summed E-state index contributed by atoms with van der Waals surface area (Å²) in [4.78, 5) is 14.6. The molecule has 1 amide bonds. The topological polar surface area (TPSA) is 66.6 Å². The summed E-state index contributed by atoms with van der Waals surface area (Å²) in [6.45, 7) is 0.218. The Morgan fingerprint density at radius 3 is 2.10 bits per heavy atom. The highest BCUT2D eigenvalue weighted by molar-refractivity contribution is 5.97. The first-order valence-corrected chi connectivity index (χ1v) is 9.33. The lowest BCUT2D eigenvalue weighted by molar-refractivity contribution is -0.137. The minimum absolute atomic E-state index is 0.0567. The lowest BCUT2D eigenvalue weighted by Gasteiger charge is -2.26. The molecule has 0 heterocycles. The molecule has 1 unspecified atom stereocenters. The van der Waals surface area contributed by atoms with Crippen LogP contribution < -0.4 is 10.6 Å². The molecule has 3 aromatic rings. The Bertz CT molecular complexity index is 972. The quantitative estimate of drug-likeness (QED) is 0.615. The van der Waals surface area contributed by atoms with E-state index in [1.807, 2.05) is 6.07 Å². The number of phenolic OH excluding ortho intramolecular Hbond substituents is 1. The number of aromatic hydroxyl groups is 1. The molecule has 0 aliphatic carbocycles. The number of nitrogens with two attached hydrogens (primary N) is 1. The Labute approximate surface area is 172 Å². The highest BCUT2D eigenvalue weighted by Gasteiger charge is 2.30. The average molecular weight is 414 g/mol. The second-order valence-corrected chi connectivity index (χ2v) is 6.84. The molecule has 0 saturated heterocycles. The molecule has 156 valence electrons. The molecule has 1 atom stereocenters. The number of rotatable bonds is 6. The molecule has 3 aromatic carbocycles. The predicted octanol–water partition coefficient (Wildman–Crippen LogP) is 4.69. The van der Waals surface area contributed by atoms with Gasteiger partial charge in [0.15, 0.2) is 0 Å². The van der Waals surface area contributed by atoms with E-state index in [9.17, 15) is 23.1 Å². The van der Waals surface area contributed by atoms with Crippen molar-refractivity contribution in [2.45, 2.75) is 18.6 Å². The summed E-state index contributed by atoms with van der Waals surface area (Å²) in [6.07, 6.45) is -4.05. The van der Waals surface area contributed by atoms with E-state index in [2.05, 4.69) is 0 Å². The first-order chi connectivity index (χ1) is 14.3. The predicted molar refractivity (Wildman–Crippen MR) is 109 cm³/mol. The lowest BCUT2D eigenvalue weighted by atomic mass is 10.0. The molecule has 0 fully saturated rings. The van der Waals surface area contributed by atoms with E-state index in [0.717, 1.165) is 12.1 Å². The Hall–Kier alpha value is -3.32. The van der Waals surface area contributed by atoms with Crippen molar-refractivity contribution in [1.82, 2.24) is 0 Å². The Morgan fingerprint density at radius 2 is 1.53 bits per heavy atom. The largest absolute Gasteiger partial charge is 0.508 e. The van der Waals surface area contributed by atoms with Crippen molar-refractivity contribution in [2.75, 3.05) is 11.4 Å². The van der Waals surface area contributed by atoms with Gasteiger partial charge in [0.05, 0.1) is 5.56 Å². The fourth-order valence-electron chi connectivity index (χ4n) is 3.07. The van der Waals surface area contributed by atoms with Crippen LogP contribution in [0.4, 0.5) is 18.9 Å². The minimum atomic E-state index is -4.39. The lowest BCUT2D eigenvalue weighted by Crippen LogP contribution is -2.40. The Balaban J connectivity index is 1.81. The highest BCUT2D eigenvalue weighted by Crippen LogP contribution is 2.29. The Morgan fingerprint density at radius 1 is 0.933 bits per heavy atom. The van der Waals surface area contributed by atoms with E-state index >= 15 is 0 Å². The fraction of sp³-hybridized carbons (Fsp3) is 0.174. The molecule has 0 radical (unpaired) electrons. The van der Waals surface area contributed by atoms with Gasteiger partial charge in [0, 0.05) is 12.2 Å². The van der Waals surface area contributed by atoms with Crippen molar-refractivity contribution < 1.29 is 23.1 Å². The number of anilines is 1. The fourth-order valence-corrected chi connectivity index (χ4v) is 3.07. The van der Waals surface area contributed by atoms with Gasteiger partial charge in [0.1, 0.15) is 11.8 Å². The number of hydrogen-bond acceptors (Lipinski definition) is 3. The van der Waals surface area contributed by atoms with E-state index < -0.39 is 17.8 Å². The van der Waals surface area contributed by atoms with Gasteiger partial charge < -0.3 is 15.7 Å². The van der Waals surface area contributed by atoms with Gasteiger partial charge in [-0.3, -0.25) is 4.79 Å². The maximum atomic E-state index is 13.1. The van der Waals surface area contributed by atoms with Crippen LogP contribution in [0.2, 0.25) is 0 Å². The zero-order chi connectivity index (χ0) is 21.7. The Kier molecular flexibility index (Phi) is 6.42. The second-order valence-electron chi connectivity index (χ2n) is 6.84. The third-order valence-corrected chi connectivity index (χ3v) is 4.76. The van der Waals surface area contributed by atoms with Crippen LogP contribution in [0.3, 0.4) is 0 Å². The highest BCUT2D eigenvalue weighted by atomic mass is 19.4. The van der Waals surface area contributed by atoms with Gasteiger partial charge in [-0.05, 0) is 53.9 Å². The molecule has 3 N–H and O–H groups in total. The van der Waals surface area contributed by atoms with Crippen molar-refractivity contribution in [3.05, 3.63) is 95.6 Å². The summed E-state index contributed by atoms with van der Waals surface area (Å²) in [5.74, 6) is -0.292. The van der Waals surface area contributed by atoms with Crippen molar-refractivity contribution in [2.24, 2.45) is 5.73 Å². The van der Waals surface area contributed by atoms with Gasteiger partial charge in [0.25, 0.3) is 0 Å². The molecule has 0 aromatic heterocycles. The van der Waals surface area contributed by atoms with Gasteiger partial charge in [-0.2, -0.15) is 13.2 Å². The molecular weight excluding hydrogens is 393 g/mol. The molecule has 30 heavy (non-hydrogen) atoms. The van der Waals surface area contributed by atoms with Crippen molar-refractivity contribution >= 4 is 11.6 Å². The third-order valence-electron chi connectivity index (χ3n) is 4.76. The van der Waals surface area contributed by atoms with Crippen LogP contribution in [0.1, 0.15) is 22.7 Å².